The van der Waals surface area contributed by atoms with Gasteiger partial charge in [0.15, 0.2) is 11.6 Å². The number of rotatable bonds is 6. The number of carbonyl (C=O) groups excluding carboxylic acids is 1. The van der Waals surface area contributed by atoms with Crippen molar-refractivity contribution in [3.8, 4) is 5.75 Å². The molecule has 0 spiro atoms. The van der Waals surface area contributed by atoms with E-state index in [1.54, 1.807) is 6.20 Å². The maximum atomic E-state index is 14.4. The summed E-state index contributed by atoms with van der Waals surface area (Å²) in [4.78, 5) is 26.3. The number of hydrogen-bond acceptors (Lipinski definition) is 5. The van der Waals surface area contributed by atoms with Crippen LogP contribution < -0.4 is 10.1 Å². The van der Waals surface area contributed by atoms with Crippen LogP contribution in [-0.4, -0.2) is 36.9 Å². The molecule has 168 valence electrons. The summed E-state index contributed by atoms with van der Waals surface area (Å²) >= 11 is 0. The van der Waals surface area contributed by atoms with Crippen LogP contribution in [0.4, 0.5) is 4.39 Å². The van der Waals surface area contributed by atoms with E-state index in [9.17, 15) is 9.18 Å². The summed E-state index contributed by atoms with van der Waals surface area (Å²) in [5.41, 5.74) is 3.71. The first-order chi connectivity index (χ1) is 16.1. The highest BCUT2D eigenvalue weighted by molar-refractivity contribution is 5.92. The Labute approximate surface area is 189 Å². The monoisotopic (exact) mass is 446 g/mol. The molecule has 6 rings (SSSR count). The van der Waals surface area contributed by atoms with Gasteiger partial charge in [0.1, 0.15) is 17.2 Å². The second-order valence-corrected chi connectivity index (χ2v) is 8.61. The van der Waals surface area contributed by atoms with E-state index in [-0.39, 0.29) is 29.9 Å². The molecule has 0 radical (unpaired) electrons. The molecule has 1 aliphatic heterocycles. The first-order valence-corrected chi connectivity index (χ1v) is 11.1. The lowest BCUT2D eigenvalue weighted by atomic mass is 10.1. The highest BCUT2D eigenvalue weighted by Gasteiger charge is 2.31. The van der Waals surface area contributed by atoms with Gasteiger partial charge in [0, 0.05) is 31.1 Å². The van der Waals surface area contributed by atoms with Crippen molar-refractivity contribution in [1.82, 2.24) is 29.2 Å². The standard InChI is InChI=1S/C24H23FN6O2/c1-33-20-8-9-26-16(23(20)25)10-28-24(32)19-11-27-21-7-5-18(31(19)21)17-13-30-12-15(14-2-3-14)4-6-22(30)29-17/h4,6,8-9,11-14,18H,2-3,5,7,10H2,1H3,(H,28,32). The number of imidazole rings is 2. The molecule has 1 fully saturated rings. The van der Waals surface area contributed by atoms with Gasteiger partial charge in [-0.25, -0.2) is 14.4 Å². The van der Waals surface area contributed by atoms with Gasteiger partial charge in [-0.05, 0) is 36.8 Å². The van der Waals surface area contributed by atoms with E-state index >= 15 is 0 Å². The normalized spacial score (nSPS) is 17.3. The first kappa shape index (κ1) is 19.9. The number of nitrogens with zero attached hydrogens (tertiary/aromatic N) is 5. The number of pyridine rings is 2. The molecule has 0 saturated heterocycles. The largest absolute Gasteiger partial charge is 0.494 e. The minimum atomic E-state index is -0.577. The Morgan fingerprint density at radius 3 is 2.91 bits per heavy atom. The fourth-order valence-electron chi connectivity index (χ4n) is 4.62. The molecule has 1 aliphatic carbocycles. The van der Waals surface area contributed by atoms with E-state index in [1.807, 2.05) is 4.57 Å². The zero-order chi connectivity index (χ0) is 22.5. The summed E-state index contributed by atoms with van der Waals surface area (Å²) in [6, 6.07) is 5.59. The van der Waals surface area contributed by atoms with Crippen LogP contribution >= 0.6 is 0 Å². The smallest absolute Gasteiger partial charge is 0.269 e. The molecule has 1 saturated carbocycles. The second-order valence-electron chi connectivity index (χ2n) is 8.61. The number of aryl methyl sites for hydroxylation is 1. The molecule has 4 aromatic rings. The predicted octanol–water partition coefficient (Wildman–Crippen LogP) is 3.42. The zero-order valence-electron chi connectivity index (χ0n) is 18.2. The number of fused-ring (bicyclic) bond motifs is 2. The van der Waals surface area contributed by atoms with E-state index in [4.69, 9.17) is 9.72 Å². The Hall–Kier alpha value is -3.75. The molecule has 1 amide bonds. The van der Waals surface area contributed by atoms with Crippen molar-refractivity contribution in [2.45, 2.75) is 44.2 Å². The van der Waals surface area contributed by atoms with Gasteiger partial charge in [0.05, 0.1) is 37.3 Å². The Morgan fingerprint density at radius 1 is 1.21 bits per heavy atom. The molecule has 2 aliphatic rings. The van der Waals surface area contributed by atoms with E-state index in [0.717, 1.165) is 30.0 Å². The van der Waals surface area contributed by atoms with Crippen LogP contribution in [0.1, 0.15) is 64.5 Å². The first-order valence-electron chi connectivity index (χ1n) is 11.1. The molecule has 4 aromatic heterocycles. The fraction of sp³-hybridized carbons (Fsp3) is 0.333. The number of ether oxygens (including phenoxy) is 1. The summed E-state index contributed by atoms with van der Waals surface area (Å²) in [6.45, 7) is -0.0502. The van der Waals surface area contributed by atoms with Crippen LogP contribution in [0.15, 0.2) is 43.0 Å². The highest BCUT2D eigenvalue weighted by Crippen LogP contribution is 2.40. The summed E-state index contributed by atoms with van der Waals surface area (Å²) in [5.74, 6) is 0.713. The molecule has 1 N–H and O–H groups in total. The number of aromatic nitrogens is 5. The summed E-state index contributed by atoms with van der Waals surface area (Å²) in [7, 11) is 1.39. The zero-order valence-corrected chi connectivity index (χ0v) is 18.2. The number of methoxy groups -OCH3 is 1. The highest BCUT2D eigenvalue weighted by atomic mass is 19.1. The molecule has 1 unspecified atom stereocenters. The van der Waals surface area contributed by atoms with Crippen LogP contribution in [0, 0.1) is 5.82 Å². The van der Waals surface area contributed by atoms with Gasteiger partial charge in [-0.3, -0.25) is 9.78 Å². The van der Waals surface area contributed by atoms with Crippen LogP contribution in [-0.2, 0) is 13.0 Å². The maximum absolute atomic E-state index is 14.4. The second kappa shape index (κ2) is 7.68. The van der Waals surface area contributed by atoms with Crippen LogP contribution in [0.5, 0.6) is 5.75 Å². The van der Waals surface area contributed by atoms with Gasteiger partial charge in [-0.1, -0.05) is 6.07 Å². The van der Waals surface area contributed by atoms with Crippen molar-refractivity contribution in [3.63, 3.8) is 0 Å². The molecular formula is C24H23FN6O2. The van der Waals surface area contributed by atoms with Crippen molar-refractivity contribution < 1.29 is 13.9 Å². The number of carbonyl (C=O) groups is 1. The van der Waals surface area contributed by atoms with E-state index < -0.39 is 5.82 Å². The molecule has 33 heavy (non-hydrogen) atoms. The molecular weight excluding hydrogens is 423 g/mol. The summed E-state index contributed by atoms with van der Waals surface area (Å²) in [5, 5.41) is 2.77. The molecule has 0 bridgehead atoms. The Morgan fingerprint density at radius 2 is 2.09 bits per heavy atom. The number of nitrogens with one attached hydrogen (secondary N) is 1. The fourth-order valence-corrected chi connectivity index (χ4v) is 4.62. The van der Waals surface area contributed by atoms with Crippen LogP contribution in [0.25, 0.3) is 5.65 Å². The number of halogens is 1. The third kappa shape index (κ3) is 3.44. The lowest BCUT2D eigenvalue weighted by molar-refractivity contribution is 0.0939. The molecule has 1 atom stereocenters. The lowest BCUT2D eigenvalue weighted by Gasteiger charge is -2.14. The van der Waals surface area contributed by atoms with E-state index in [2.05, 4.69) is 44.2 Å². The third-order valence-corrected chi connectivity index (χ3v) is 6.50. The van der Waals surface area contributed by atoms with Gasteiger partial charge in [0.2, 0.25) is 0 Å². The minimum Gasteiger partial charge on any atom is -0.494 e. The Kier molecular flexibility index (Phi) is 4.63. The Bertz CT molecular complexity index is 1370. The van der Waals surface area contributed by atoms with Gasteiger partial charge in [-0.2, -0.15) is 0 Å². The average Bonchev–Trinajstić information content (AvgIpc) is 3.26. The molecule has 0 aromatic carbocycles. The average molecular weight is 446 g/mol. The van der Waals surface area contributed by atoms with Crippen molar-refractivity contribution in [2.24, 2.45) is 0 Å². The number of amides is 1. The quantitative estimate of drug-likeness (QED) is 0.491. The van der Waals surface area contributed by atoms with E-state index in [0.29, 0.717) is 11.6 Å². The van der Waals surface area contributed by atoms with Gasteiger partial charge >= 0.3 is 0 Å². The number of hydrogen-bond donors (Lipinski definition) is 1. The van der Waals surface area contributed by atoms with Gasteiger partial charge < -0.3 is 19.0 Å². The third-order valence-electron chi connectivity index (χ3n) is 6.50. The van der Waals surface area contributed by atoms with Crippen molar-refractivity contribution in [2.75, 3.05) is 7.11 Å². The Balaban J connectivity index is 1.25. The van der Waals surface area contributed by atoms with Gasteiger partial charge in [0.25, 0.3) is 5.91 Å². The SMILES string of the molecule is COc1ccnc(CNC(=O)c2cnc3n2C(c2cn4cc(C5CC5)ccc4n2)CC3)c1F. The van der Waals surface area contributed by atoms with E-state index in [1.165, 1.54) is 37.8 Å². The molecule has 9 heteroatoms. The molecule has 5 heterocycles. The van der Waals surface area contributed by atoms with Crippen LogP contribution in [0.2, 0.25) is 0 Å². The molecule has 8 nitrogen and oxygen atoms in total. The van der Waals surface area contributed by atoms with Crippen molar-refractivity contribution >= 4 is 11.6 Å². The van der Waals surface area contributed by atoms with Crippen molar-refractivity contribution in [1.29, 1.82) is 0 Å². The van der Waals surface area contributed by atoms with Crippen molar-refractivity contribution in [3.05, 3.63) is 77.3 Å². The predicted molar refractivity (Wildman–Crippen MR) is 118 cm³/mol. The van der Waals surface area contributed by atoms with Gasteiger partial charge in [-0.15, -0.1) is 0 Å². The summed E-state index contributed by atoms with van der Waals surface area (Å²) in [6.07, 6.45) is 11.3. The summed E-state index contributed by atoms with van der Waals surface area (Å²) < 4.78 is 23.4. The van der Waals surface area contributed by atoms with Crippen LogP contribution in [0.3, 0.4) is 0 Å². The lowest BCUT2D eigenvalue weighted by Crippen LogP contribution is -2.27. The topological polar surface area (TPSA) is 86.3 Å². The maximum Gasteiger partial charge on any atom is 0.269 e. The minimum absolute atomic E-state index is 0.0502.